The number of hydrogen-bond donors (Lipinski definition) is 1. The highest BCUT2D eigenvalue weighted by Gasteiger charge is 2.19. The minimum absolute atomic E-state index is 0.342. The summed E-state index contributed by atoms with van der Waals surface area (Å²) < 4.78 is 6.50. The topological polar surface area (TPSA) is 64.3 Å². The summed E-state index contributed by atoms with van der Waals surface area (Å²) in [5.74, 6) is -0.373. The van der Waals surface area contributed by atoms with E-state index in [1.165, 1.54) is 6.20 Å². The lowest BCUT2D eigenvalue weighted by atomic mass is 10.1. The van der Waals surface area contributed by atoms with E-state index in [4.69, 9.17) is 4.74 Å². The van der Waals surface area contributed by atoms with Crippen molar-refractivity contribution in [2.75, 3.05) is 6.61 Å². The van der Waals surface area contributed by atoms with Crippen LogP contribution in [0, 0.1) is 6.92 Å². The van der Waals surface area contributed by atoms with Crippen molar-refractivity contribution >= 4 is 5.97 Å². The number of aromatic nitrogens is 2. The van der Waals surface area contributed by atoms with Crippen LogP contribution in [0.15, 0.2) is 6.20 Å². The van der Waals surface area contributed by atoms with Gasteiger partial charge in [0.2, 0.25) is 0 Å². The minimum Gasteiger partial charge on any atom is -0.462 e. The van der Waals surface area contributed by atoms with Crippen LogP contribution >= 0.6 is 0 Å². The van der Waals surface area contributed by atoms with Gasteiger partial charge in [0, 0.05) is 5.69 Å². The molecule has 0 aliphatic heterocycles. The molecule has 0 amide bonds. The highest BCUT2D eigenvalue weighted by molar-refractivity contribution is 5.90. The van der Waals surface area contributed by atoms with Gasteiger partial charge >= 0.3 is 5.97 Å². The molecular weight excluding hydrogens is 208 g/mol. The third-order valence-corrected chi connectivity index (χ3v) is 2.14. The predicted molar refractivity (Wildman–Crippen MR) is 59.2 cm³/mol. The van der Waals surface area contributed by atoms with Crippen LogP contribution in [-0.4, -0.2) is 33.1 Å². The van der Waals surface area contributed by atoms with Crippen molar-refractivity contribution in [1.82, 2.24) is 9.78 Å². The number of aliphatic hydroxyl groups is 1. The Bertz CT molecular complexity index is 377. The molecule has 1 heterocycles. The second-order valence-electron chi connectivity index (χ2n) is 4.33. The fourth-order valence-corrected chi connectivity index (χ4v) is 1.38. The van der Waals surface area contributed by atoms with Gasteiger partial charge in [-0.05, 0) is 27.7 Å². The predicted octanol–water partition coefficient (Wildman–Crippen LogP) is 1.14. The van der Waals surface area contributed by atoms with Crippen molar-refractivity contribution in [3.63, 3.8) is 0 Å². The van der Waals surface area contributed by atoms with E-state index in [0.29, 0.717) is 24.4 Å². The van der Waals surface area contributed by atoms with E-state index >= 15 is 0 Å². The van der Waals surface area contributed by atoms with Crippen LogP contribution in [-0.2, 0) is 11.3 Å². The lowest BCUT2D eigenvalue weighted by molar-refractivity contribution is 0.0514. The van der Waals surface area contributed by atoms with Gasteiger partial charge < -0.3 is 9.84 Å². The summed E-state index contributed by atoms with van der Waals surface area (Å²) in [6.07, 6.45) is 1.47. The monoisotopic (exact) mass is 226 g/mol. The second-order valence-corrected chi connectivity index (χ2v) is 4.33. The van der Waals surface area contributed by atoms with Crippen molar-refractivity contribution < 1.29 is 14.6 Å². The Morgan fingerprint density at radius 2 is 2.25 bits per heavy atom. The van der Waals surface area contributed by atoms with Gasteiger partial charge in [-0.1, -0.05) is 0 Å². The SMILES string of the molecule is CCOC(=O)c1cnn(CC(C)(C)O)c1C. The molecule has 90 valence electrons. The molecule has 0 saturated carbocycles. The van der Waals surface area contributed by atoms with Gasteiger partial charge in [0.15, 0.2) is 0 Å². The molecule has 0 spiro atoms. The lowest BCUT2D eigenvalue weighted by Crippen LogP contribution is -2.27. The van der Waals surface area contributed by atoms with Crippen molar-refractivity contribution in [1.29, 1.82) is 0 Å². The molecule has 5 heteroatoms. The third kappa shape index (κ3) is 3.06. The first-order chi connectivity index (χ1) is 7.35. The summed E-state index contributed by atoms with van der Waals surface area (Å²) in [7, 11) is 0. The van der Waals surface area contributed by atoms with E-state index in [1.54, 1.807) is 32.4 Å². The summed E-state index contributed by atoms with van der Waals surface area (Å²) in [6, 6.07) is 0. The molecule has 0 fully saturated rings. The van der Waals surface area contributed by atoms with Crippen LogP contribution in [0.4, 0.5) is 0 Å². The van der Waals surface area contributed by atoms with Crippen LogP contribution in [0.3, 0.4) is 0 Å². The molecule has 0 aromatic carbocycles. The molecule has 1 aromatic rings. The standard InChI is InChI=1S/C11H18N2O3/c1-5-16-10(14)9-6-12-13(8(9)2)7-11(3,4)15/h6,15H,5,7H2,1-4H3. The van der Waals surface area contributed by atoms with Crippen LogP contribution in [0.1, 0.15) is 36.8 Å². The Kier molecular flexibility index (Phi) is 3.70. The normalized spacial score (nSPS) is 11.6. The molecule has 0 saturated heterocycles. The maximum atomic E-state index is 11.5. The first-order valence-electron chi connectivity index (χ1n) is 5.27. The lowest BCUT2D eigenvalue weighted by Gasteiger charge is -2.17. The van der Waals surface area contributed by atoms with Crippen molar-refractivity contribution in [3.05, 3.63) is 17.5 Å². The molecule has 1 rings (SSSR count). The average Bonchev–Trinajstić information content (AvgIpc) is 2.46. The van der Waals surface area contributed by atoms with Crippen molar-refractivity contribution in [2.24, 2.45) is 0 Å². The van der Waals surface area contributed by atoms with Gasteiger partial charge in [-0.15, -0.1) is 0 Å². The molecule has 1 N–H and O–H groups in total. The van der Waals surface area contributed by atoms with E-state index in [1.807, 2.05) is 0 Å². The Hall–Kier alpha value is -1.36. The van der Waals surface area contributed by atoms with Crippen LogP contribution in [0.2, 0.25) is 0 Å². The van der Waals surface area contributed by atoms with Gasteiger partial charge in [-0.2, -0.15) is 5.10 Å². The van der Waals surface area contributed by atoms with Crippen molar-refractivity contribution in [2.45, 2.75) is 39.8 Å². The van der Waals surface area contributed by atoms with Gasteiger partial charge in [0.25, 0.3) is 0 Å². The summed E-state index contributed by atoms with van der Waals surface area (Å²) in [6.45, 7) is 7.61. The summed E-state index contributed by atoms with van der Waals surface area (Å²) in [5, 5.41) is 13.7. The molecule has 0 atom stereocenters. The average molecular weight is 226 g/mol. The molecule has 0 radical (unpaired) electrons. The maximum Gasteiger partial charge on any atom is 0.341 e. The first kappa shape index (κ1) is 12.7. The highest BCUT2D eigenvalue weighted by Crippen LogP contribution is 2.12. The van der Waals surface area contributed by atoms with Crippen LogP contribution < -0.4 is 0 Å². The fourth-order valence-electron chi connectivity index (χ4n) is 1.38. The van der Waals surface area contributed by atoms with E-state index in [0.717, 1.165) is 0 Å². The number of carbonyl (C=O) groups excluding carboxylic acids is 1. The molecule has 16 heavy (non-hydrogen) atoms. The molecule has 0 unspecified atom stereocenters. The summed E-state index contributed by atoms with van der Waals surface area (Å²) >= 11 is 0. The zero-order valence-corrected chi connectivity index (χ0v) is 10.1. The van der Waals surface area contributed by atoms with E-state index in [-0.39, 0.29) is 5.97 Å². The van der Waals surface area contributed by atoms with E-state index in [2.05, 4.69) is 5.10 Å². The number of carbonyl (C=O) groups is 1. The highest BCUT2D eigenvalue weighted by atomic mass is 16.5. The minimum atomic E-state index is -0.858. The first-order valence-corrected chi connectivity index (χ1v) is 5.27. The number of ether oxygens (including phenoxy) is 1. The van der Waals surface area contributed by atoms with Crippen LogP contribution in [0.5, 0.6) is 0 Å². The Morgan fingerprint density at radius 1 is 1.62 bits per heavy atom. The molecule has 0 aliphatic carbocycles. The van der Waals surface area contributed by atoms with Gasteiger partial charge in [0.1, 0.15) is 5.56 Å². The molecule has 1 aromatic heterocycles. The summed E-state index contributed by atoms with van der Waals surface area (Å²) in [5.41, 5.74) is 0.301. The zero-order valence-electron chi connectivity index (χ0n) is 10.1. The molecule has 5 nitrogen and oxygen atoms in total. The largest absolute Gasteiger partial charge is 0.462 e. The van der Waals surface area contributed by atoms with Gasteiger partial charge in [0.05, 0.1) is 24.9 Å². The molecule has 0 bridgehead atoms. The van der Waals surface area contributed by atoms with Crippen LogP contribution in [0.25, 0.3) is 0 Å². The fraction of sp³-hybridized carbons (Fsp3) is 0.636. The van der Waals surface area contributed by atoms with Gasteiger partial charge in [-0.25, -0.2) is 4.79 Å². The third-order valence-electron chi connectivity index (χ3n) is 2.14. The molecule has 0 aliphatic rings. The summed E-state index contributed by atoms with van der Waals surface area (Å²) in [4.78, 5) is 11.5. The number of hydrogen-bond acceptors (Lipinski definition) is 4. The van der Waals surface area contributed by atoms with Crippen molar-refractivity contribution in [3.8, 4) is 0 Å². The Balaban J connectivity index is 2.88. The second kappa shape index (κ2) is 4.65. The van der Waals surface area contributed by atoms with E-state index < -0.39 is 5.60 Å². The number of esters is 1. The molecular formula is C11H18N2O3. The van der Waals surface area contributed by atoms with Gasteiger partial charge in [-0.3, -0.25) is 4.68 Å². The maximum absolute atomic E-state index is 11.5. The quantitative estimate of drug-likeness (QED) is 0.782. The Morgan fingerprint density at radius 3 is 2.75 bits per heavy atom. The Labute approximate surface area is 95.0 Å². The van der Waals surface area contributed by atoms with E-state index in [9.17, 15) is 9.90 Å². The zero-order chi connectivity index (χ0) is 12.3. The smallest absolute Gasteiger partial charge is 0.341 e. The number of nitrogens with zero attached hydrogens (tertiary/aromatic N) is 2. The number of rotatable bonds is 4.